The van der Waals surface area contributed by atoms with Crippen LogP contribution >= 0.6 is 0 Å². The van der Waals surface area contributed by atoms with Gasteiger partial charge in [0.2, 0.25) is 0 Å². The minimum atomic E-state index is 0.930. The second-order valence-corrected chi connectivity index (χ2v) is 11.9. The van der Waals surface area contributed by atoms with Crippen LogP contribution in [0.1, 0.15) is 145 Å². The Kier molecular flexibility index (Phi) is 25.9. The molecule has 3 heteroatoms. The minimum absolute atomic E-state index is 0.930. The van der Waals surface area contributed by atoms with Crippen molar-refractivity contribution in [3.8, 4) is 0 Å². The molecule has 0 aliphatic rings. The van der Waals surface area contributed by atoms with Crippen molar-refractivity contribution in [2.45, 2.75) is 137 Å². The first kappa shape index (κ1) is 52.0. The van der Waals surface area contributed by atoms with E-state index in [9.17, 15) is 0 Å². The van der Waals surface area contributed by atoms with Crippen LogP contribution in [0.5, 0.6) is 0 Å². The van der Waals surface area contributed by atoms with Crippen molar-refractivity contribution >= 4 is 62.4 Å². The van der Waals surface area contributed by atoms with Crippen LogP contribution in [0.3, 0.4) is 0 Å². The highest BCUT2D eigenvalue weighted by atomic mass is 15.1. The van der Waals surface area contributed by atoms with Crippen molar-refractivity contribution in [2.24, 2.45) is 0 Å². The molecule has 0 aliphatic carbocycles. The molecule has 5 aromatic rings. The number of nitrogens with zero attached hydrogens (tertiary/aromatic N) is 3. The Balaban J connectivity index is 0.00000291. The van der Waals surface area contributed by atoms with Crippen molar-refractivity contribution in [1.82, 2.24) is 9.13 Å². The Hall–Kier alpha value is -5.02. The first-order chi connectivity index (χ1) is 27.9. The summed E-state index contributed by atoms with van der Waals surface area (Å²) >= 11 is 0. The normalized spacial score (nSPS) is 11.2. The highest BCUT2D eigenvalue weighted by Gasteiger charge is 2.21. The van der Waals surface area contributed by atoms with Crippen molar-refractivity contribution in [3.63, 3.8) is 0 Å². The Labute approximate surface area is 350 Å². The number of hydrogen-bond donors (Lipinski definition) is 0. The number of anilines is 3. The highest BCUT2D eigenvalue weighted by Crippen LogP contribution is 2.42. The largest absolute Gasteiger partial charge is 0.314 e. The number of hydrogen-bond acceptors (Lipinski definition) is 1. The summed E-state index contributed by atoms with van der Waals surface area (Å²) in [5, 5.41) is 2.43. The van der Waals surface area contributed by atoms with Crippen LogP contribution in [0.2, 0.25) is 0 Å². The fourth-order valence-corrected chi connectivity index (χ4v) is 6.80. The zero-order valence-corrected chi connectivity index (χ0v) is 39.4. The SMILES string of the molecule is C=Cc1c(C)n(C(/C=C\CC)=C/C)c2ccc(N(c3ccc(C)cc3)c3ccc4c(c3)c(/C=C\C)c(CC)n4C(/C=C\C)=C/C)cc12.CC.CC.CC.CC.CC. The van der Waals surface area contributed by atoms with Crippen molar-refractivity contribution in [2.75, 3.05) is 4.90 Å². The molecule has 0 unspecified atom stereocenters. The lowest BCUT2D eigenvalue weighted by Gasteiger charge is -2.26. The molecule has 3 aromatic carbocycles. The maximum Gasteiger partial charge on any atom is 0.0539 e. The van der Waals surface area contributed by atoms with Gasteiger partial charge in [0.25, 0.3) is 0 Å². The zero-order chi connectivity index (χ0) is 43.7. The summed E-state index contributed by atoms with van der Waals surface area (Å²) in [6, 6.07) is 22.6. The summed E-state index contributed by atoms with van der Waals surface area (Å²) in [5.74, 6) is 0. The van der Waals surface area contributed by atoms with E-state index in [1.165, 1.54) is 55.7 Å². The van der Waals surface area contributed by atoms with Gasteiger partial charge >= 0.3 is 0 Å². The monoisotopic (exact) mass is 770 g/mol. The molecule has 310 valence electrons. The van der Waals surface area contributed by atoms with Crippen molar-refractivity contribution in [1.29, 1.82) is 0 Å². The molecule has 0 fully saturated rings. The minimum Gasteiger partial charge on any atom is -0.314 e. The lowest BCUT2D eigenvalue weighted by atomic mass is 10.1. The van der Waals surface area contributed by atoms with Crippen LogP contribution in [-0.4, -0.2) is 9.13 Å². The summed E-state index contributed by atoms with van der Waals surface area (Å²) < 4.78 is 4.77. The summed E-state index contributed by atoms with van der Waals surface area (Å²) in [7, 11) is 0. The van der Waals surface area contributed by atoms with Gasteiger partial charge < -0.3 is 14.0 Å². The third-order valence-corrected chi connectivity index (χ3v) is 8.98. The quantitative estimate of drug-likeness (QED) is 0.122. The van der Waals surface area contributed by atoms with Gasteiger partial charge in [0.1, 0.15) is 0 Å². The molecule has 0 bridgehead atoms. The van der Waals surface area contributed by atoms with Gasteiger partial charge in [-0.1, -0.05) is 150 Å². The molecule has 57 heavy (non-hydrogen) atoms. The van der Waals surface area contributed by atoms with Gasteiger partial charge in [-0.15, -0.1) is 0 Å². The van der Waals surface area contributed by atoms with E-state index in [0.717, 1.165) is 35.5 Å². The predicted molar refractivity (Wildman–Crippen MR) is 267 cm³/mol. The number of aryl methyl sites for hydroxylation is 1. The molecule has 0 saturated heterocycles. The van der Waals surface area contributed by atoms with Crippen LogP contribution in [0.25, 0.3) is 45.4 Å². The van der Waals surface area contributed by atoms with Gasteiger partial charge in [0, 0.05) is 61.7 Å². The zero-order valence-electron chi connectivity index (χ0n) is 39.4. The molecular formula is C54H79N3. The van der Waals surface area contributed by atoms with Crippen LogP contribution in [0.15, 0.2) is 110 Å². The van der Waals surface area contributed by atoms with E-state index >= 15 is 0 Å². The van der Waals surface area contributed by atoms with Gasteiger partial charge in [-0.05, 0) is 115 Å². The number of rotatable bonds is 11. The Morgan fingerprint density at radius 2 is 1.07 bits per heavy atom. The maximum absolute atomic E-state index is 4.23. The molecule has 0 saturated carbocycles. The van der Waals surface area contributed by atoms with Crippen LogP contribution in [-0.2, 0) is 6.42 Å². The van der Waals surface area contributed by atoms with Gasteiger partial charge in [0.05, 0.1) is 11.0 Å². The summed E-state index contributed by atoms with van der Waals surface area (Å²) in [5.41, 5.74) is 14.3. The maximum atomic E-state index is 4.23. The first-order valence-electron chi connectivity index (χ1n) is 21.9. The van der Waals surface area contributed by atoms with Crippen LogP contribution in [0.4, 0.5) is 17.1 Å². The molecule has 2 heterocycles. The highest BCUT2D eigenvalue weighted by molar-refractivity contribution is 6.00. The van der Waals surface area contributed by atoms with E-state index in [4.69, 9.17) is 0 Å². The topological polar surface area (TPSA) is 13.1 Å². The standard InChI is InChI=1S/C44H49N3.5C2H6/c1-10-17-20-34(14-5)45-32(9)38(15-6)40-29-36(25-27-43(40)45)46(35-23-21-31(8)22-24-35)37-26-28-44-41(30-37)39(19-12-3)42(16-7)47(44)33(13-4)18-11-2;5*1-2/h11-15,17-30H,6,10,16H2,1-5,7-9H3;5*1-2H3/b18-11-,19-12-,20-17-,33-13+,34-14+;;;;;. The van der Waals surface area contributed by atoms with Gasteiger partial charge in [0.15, 0.2) is 0 Å². The Morgan fingerprint density at radius 1 is 0.596 bits per heavy atom. The smallest absolute Gasteiger partial charge is 0.0539 e. The molecule has 0 aliphatic heterocycles. The average Bonchev–Trinajstić information content (AvgIpc) is 3.73. The second-order valence-electron chi connectivity index (χ2n) is 11.9. The van der Waals surface area contributed by atoms with Crippen LogP contribution in [0, 0.1) is 13.8 Å². The molecule has 5 rings (SSSR count). The summed E-state index contributed by atoms with van der Waals surface area (Å²) in [6.07, 6.45) is 21.5. The molecular weight excluding hydrogens is 691 g/mol. The molecule has 0 amide bonds. The lowest BCUT2D eigenvalue weighted by Crippen LogP contribution is -2.10. The molecule has 0 atom stereocenters. The molecule has 0 spiro atoms. The third kappa shape index (κ3) is 12.0. The Bertz CT molecular complexity index is 2070. The average molecular weight is 770 g/mol. The van der Waals surface area contributed by atoms with Gasteiger partial charge in [-0.3, -0.25) is 0 Å². The van der Waals surface area contributed by atoms with Gasteiger partial charge in [-0.25, -0.2) is 0 Å². The predicted octanol–water partition coefficient (Wildman–Crippen LogP) is 18.3. The Morgan fingerprint density at radius 3 is 1.51 bits per heavy atom. The number of aromatic nitrogens is 2. The van der Waals surface area contributed by atoms with E-state index < -0.39 is 0 Å². The molecule has 0 radical (unpaired) electrons. The van der Waals surface area contributed by atoms with E-state index in [0.29, 0.717) is 0 Å². The number of benzene rings is 3. The van der Waals surface area contributed by atoms with E-state index in [2.05, 4.69) is 185 Å². The first-order valence-corrected chi connectivity index (χ1v) is 21.9. The third-order valence-electron chi connectivity index (χ3n) is 8.98. The second kappa shape index (κ2) is 28.4. The fraction of sp³-hybridized carbons (Fsp3) is 0.370. The number of fused-ring (bicyclic) bond motifs is 2. The fourth-order valence-electron chi connectivity index (χ4n) is 6.80. The van der Waals surface area contributed by atoms with E-state index in [1.54, 1.807) is 0 Å². The summed E-state index contributed by atoms with van der Waals surface area (Å²) in [6.45, 7) is 41.4. The molecule has 2 aromatic heterocycles. The van der Waals surface area contributed by atoms with Crippen molar-refractivity contribution in [3.05, 3.63) is 138 Å². The number of allylic oxidation sites excluding steroid dienone is 9. The van der Waals surface area contributed by atoms with Crippen LogP contribution < -0.4 is 4.90 Å². The molecule has 0 N–H and O–H groups in total. The summed E-state index contributed by atoms with van der Waals surface area (Å²) in [4.78, 5) is 2.39. The lowest BCUT2D eigenvalue weighted by molar-refractivity contribution is 0.977. The molecule has 3 nitrogen and oxygen atoms in total. The van der Waals surface area contributed by atoms with E-state index in [1.807, 2.05) is 75.3 Å². The van der Waals surface area contributed by atoms with E-state index in [-0.39, 0.29) is 0 Å². The van der Waals surface area contributed by atoms with Crippen molar-refractivity contribution < 1.29 is 0 Å². The van der Waals surface area contributed by atoms with Gasteiger partial charge in [-0.2, -0.15) is 0 Å².